The van der Waals surface area contributed by atoms with Gasteiger partial charge in [0.25, 0.3) is 0 Å². The summed E-state index contributed by atoms with van der Waals surface area (Å²) in [5.74, 6) is 0. The number of benzene rings is 2. The standard InChI is InChI=1S/C22H16ClN5O/c1-13(14-7-9-15(23)10-8-14)28-21-20(27-22(28)29)25-12-19(26-21)17-4-2-6-18-16(17)5-3-11-24-18/h2-13H,1H3,(H,25,27,29). The quantitative estimate of drug-likeness (QED) is 0.479. The first kappa shape index (κ1) is 17.6. The normalized spacial score (nSPS) is 12.5. The molecule has 5 rings (SSSR count). The second-order valence-electron chi connectivity index (χ2n) is 6.83. The number of H-pyrrole nitrogens is 1. The highest BCUT2D eigenvalue weighted by molar-refractivity contribution is 6.30. The largest absolute Gasteiger partial charge is 0.329 e. The molecule has 1 unspecified atom stereocenters. The minimum Gasteiger partial charge on any atom is -0.289 e. The molecule has 3 heterocycles. The molecule has 1 N–H and O–H groups in total. The minimum absolute atomic E-state index is 0.229. The van der Waals surface area contributed by atoms with Crippen LogP contribution in [-0.4, -0.2) is 24.5 Å². The summed E-state index contributed by atoms with van der Waals surface area (Å²) in [4.78, 5) is 29.1. The molecular formula is C22H16ClN5O. The lowest BCUT2D eigenvalue weighted by Crippen LogP contribution is -2.21. The average Bonchev–Trinajstić information content (AvgIpc) is 3.08. The zero-order valence-corrected chi connectivity index (χ0v) is 16.3. The molecular weight excluding hydrogens is 386 g/mol. The smallest absolute Gasteiger partial charge is 0.289 e. The van der Waals surface area contributed by atoms with Crippen LogP contribution >= 0.6 is 11.6 Å². The lowest BCUT2D eigenvalue weighted by molar-refractivity contribution is 0.631. The zero-order chi connectivity index (χ0) is 20.0. The number of halogens is 1. The van der Waals surface area contributed by atoms with Crippen molar-refractivity contribution < 1.29 is 0 Å². The van der Waals surface area contributed by atoms with Crippen LogP contribution in [0.5, 0.6) is 0 Å². The third-order valence-corrected chi connectivity index (χ3v) is 5.34. The van der Waals surface area contributed by atoms with Crippen molar-refractivity contribution in [1.29, 1.82) is 0 Å². The maximum atomic E-state index is 12.7. The van der Waals surface area contributed by atoms with Gasteiger partial charge in [0.05, 0.1) is 23.4 Å². The summed E-state index contributed by atoms with van der Waals surface area (Å²) >= 11 is 6.00. The third kappa shape index (κ3) is 2.98. The van der Waals surface area contributed by atoms with Crippen LogP contribution in [0, 0.1) is 0 Å². The summed E-state index contributed by atoms with van der Waals surface area (Å²) in [5.41, 5.74) is 4.16. The number of aromatic amines is 1. The van der Waals surface area contributed by atoms with Crippen LogP contribution in [0.3, 0.4) is 0 Å². The van der Waals surface area contributed by atoms with Crippen LogP contribution in [0.2, 0.25) is 5.02 Å². The first-order valence-corrected chi connectivity index (χ1v) is 9.56. The molecule has 1 atom stereocenters. The molecule has 0 aliphatic heterocycles. The molecule has 0 bridgehead atoms. The summed E-state index contributed by atoms with van der Waals surface area (Å²) in [6.45, 7) is 1.95. The number of hydrogen-bond acceptors (Lipinski definition) is 4. The van der Waals surface area contributed by atoms with E-state index in [9.17, 15) is 4.79 Å². The molecule has 6 nitrogen and oxygen atoms in total. The molecule has 142 valence electrons. The van der Waals surface area contributed by atoms with Crippen molar-refractivity contribution in [3.8, 4) is 11.3 Å². The van der Waals surface area contributed by atoms with Gasteiger partial charge in [0.15, 0.2) is 11.3 Å². The molecule has 3 aromatic heterocycles. The first-order chi connectivity index (χ1) is 14.1. The fraction of sp³-hybridized carbons (Fsp3) is 0.0909. The summed E-state index contributed by atoms with van der Waals surface area (Å²) in [6, 6.07) is 17.0. The summed E-state index contributed by atoms with van der Waals surface area (Å²) < 4.78 is 1.62. The molecule has 0 radical (unpaired) electrons. The van der Waals surface area contributed by atoms with Gasteiger partial charge in [0.2, 0.25) is 0 Å². The van der Waals surface area contributed by atoms with Crippen LogP contribution in [0.1, 0.15) is 18.5 Å². The van der Waals surface area contributed by atoms with Gasteiger partial charge in [-0.25, -0.2) is 14.8 Å². The van der Waals surface area contributed by atoms with Crippen LogP contribution in [0.4, 0.5) is 0 Å². The molecule has 2 aromatic carbocycles. The van der Waals surface area contributed by atoms with Crippen molar-refractivity contribution in [3.05, 3.63) is 88.1 Å². The number of nitrogens with one attached hydrogen (secondary N) is 1. The third-order valence-electron chi connectivity index (χ3n) is 5.09. The van der Waals surface area contributed by atoms with Gasteiger partial charge in [0.1, 0.15) is 0 Å². The number of fused-ring (bicyclic) bond motifs is 2. The van der Waals surface area contributed by atoms with Crippen LogP contribution in [0.15, 0.2) is 71.8 Å². The second-order valence-corrected chi connectivity index (χ2v) is 7.27. The second kappa shape index (κ2) is 6.83. The highest BCUT2D eigenvalue weighted by Gasteiger charge is 2.18. The highest BCUT2D eigenvalue weighted by Crippen LogP contribution is 2.27. The molecule has 0 spiro atoms. The van der Waals surface area contributed by atoms with Crippen molar-refractivity contribution in [2.45, 2.75) is 13.0 Å². The Labute approximate surface area is 170 Å². The monoisotopic (exact) mass is 401 g/mol. The van der Waals surface area contributed by atoms with E-state index in [-0.39, 0.29) is 11.7 Å². The number of imidazole rings is 1. The van der Waals surface area contributed by atoms with Gasteiger partial charge in [-0.05, 0) is 36.8 Å². The van der Waals surface area contributed by atoms with Crippen molar-refractivity contribution in [1.82, 2.24) is 24.5 Å². The summed E-state index contributed by atoms with van der Waals surface area (Å²) in [5, 5.41) is 1.64. The summed E-state index contributed by atoms with van der Waals surface area (Å²) in [7, 11) is 0. The van der Waals surface area contributed by atoms with Gasteiger partial charge in [0, 0.05) is 22.2 Å². The van der Waals surface area contributed by atoms with Crippen LogP contribution in [-0.2, 0) is 0 Å². The molecule has 5 aromatic rings. The Balaban J connectivity index is 1.70. The zero-order valence-electron chi connectivity index (χ0n) is 15.5. The number of nitrogens with zero attached hydrogens (tertiary/aromatic N) is 4. The molecule has 7 heteroatoms. The Bertz CT molecular complexity index is 1400. The average molecular weight is 402 g/mol. The Morgan fingerprint density at radius 1 is 1.03 bits per heavy atom. The van der Waals surface area contributed by atoms with Gasteiger partial charge in [-0.15, -0.1) is 0 Å². The fourth-order valence-corrected chi connectivity index (χ4v) is 3.73. The van der Waals surface area contributed by atoms with E-state index in [0.717, 1.165) is 22.0 Å². The van der Waals surface area contributed by atoms with Gasteiger partial charge in [-0.2, -0.15) is 0 Å². The minimum atomic E-state index is -0.251. The Hall–Kier alpha value is -3.51. The molecule has 0 aliphatic rings. The van der Waals surface area contributed by atoms with Gasteiger partial charge in [-0.1, -0.05) is 41.9 Å². The highest BCUT2D eigenvalue weighted by atomic mass is 35.5. The van der Waals surface area contributed by atoms with Gasteiger partial charge >= 0.3 is 5.69 Å². The van der Waals surface area contributed by atoms with E-state index in [0.29, 0.717) is 22.0 Å². The predicted molar refractivity (Wildman–Crippen MR) is 114 cm³/mol. The lowest BCUT2D eigenvalue weighted by atomic mass is 10.1. The van der Waals surface area contributed by atoms with Crippen molar-refractivity contribution in [2.75, 3.05) is 0 Å². The van der Waals surface area contributed by atoms with E-state index in [1.165, 1.54) is 0 Å². The van der Waals surface area contributed by atoms with Crippen molar-refractivity contribution >= 4 is 33.8 Å². The van der Waals surface area contributed by atoms with Gasteiger partial charge < -0.3 is 0 Å². The van der Waals surface area contributed by atoms with Gasteiger partial charge in [-0.3, -0.25) is 14.5 Å². The molecule has 0 amide bonds. The van der Waals surface area contributed by atoms with Crippen molar-refractivity contribution in [3.63, 3.8) is 0 Å². The molecule has 29 heavy (non-hydrogen) atoms. The number of rotatable bonds is 3. The Morgan fingerprint density at radius 3 is 2.69 bits per heavy atom. The SMILES string of the molecule is CC(c1ccc(Cl)cc1)n1c(=O)[nH]c2ncc(-c3cccc4ncccc34)nc21. The Kier molecular flexibility index (Phi) is 4.14. The fourth-order valence-electron chi connectivity index (χ4n) is 3.60. The number of hydrogen-bond donors (Lipinski definition) is 1. The molecule has 0 fully saturated rings. The molecule has 0 saturated carbocycles. The summed E-state index contributed by atoms with van der Waals surface area (Å²) in [6.07, 6.45) is 3.44. The van der Waals surface area contributed by atoms with E-state index in [1.54, 1.807) is 17.0 Å². The van der Waals surface area contributed by atoms with Crippen LogP contribution < -0.4 is 5.69 Å². The molecule has 0 aliphatic carbocycles. The first-order valence-electron chi connectivity index (χ1n) is 9.18. The Morgan fingerprint density at radius 2 is 1.86 bits per heavy atom. The number of aromatic nitrogens is 5. The van der Waals surface area contributed by atoms with Crippen molar-refractivity contribution in [2.24, 2.45) is 0 Å². The number of pyridine rings is 1. The topological polar surface area (TPSA) is 76.5 Å². The van der Waals surface area contributed by atoms with E-state index in [2.05, 4.69) is 15.0 Å². The maximum absolute atomic E-state index is 12.7. The lowest BCUT2D eigenvalue weighted by Gasteiger charge is -2.14. The van der Waals surface area contributed by atoms with E-state index < -0.39 is 0 Å². The molecule has 0 saturated heterocycles. The predicted octanol–water partition coefficient (Wildman–Crippen LogP) is 4.60. The van der Waals surface area contributed by atoms with Crippen LogP contribution in [0.25, 0.3) is 33.5 Å². The van der Waals surface area contributed by atoms with E-state index >= 15 is 0 Å². The maximum Gasteiger partial charge on any atom is 0.329 e. The van der Waals surface area contributed by atoms with E-state index in [1.807, 2.05) is 61.5 Å². The van der Waals surface area contributed by atoms with E-state index in [4.69, 9.17) is 16.6 Å².